The molecule has 0 aliphatic carbocycles. The third kappa shape index (κ3) is 4.78. The fraction of sp³-hybridized carbons (Fsp3) is 0.600. The van der Waals surface area contributed by atoms with Crippen LogP contribution in [0.25, 0.3) is 0 Å². The zero-order valence-electron chi connectivity index (χ0n) is 13.1. The highest BCUT2D eigenvalue weighted by Crippen LogP contribution is 2.16. The first-order valence-electron chi connectivity index (χ1n) is 7.51. The molecule has 1 N–H and O–H groups in total. The molecule has 2 heterocycles. The molecular formula is C15H23N3O3S. The van der Waals surface area contributed by atoms with Gasteiger partial charge in [-0.25, -0.2) is 8.42 Å². The van der Waals surface area contributed by atoms with Gasteiger partial charge in [0.25, 0.3) is 0 Å². The normalized spacial score (nSPS) is 20.2. The maximum atomic E-state index is 11.9. The van der Waals surface area contributed by atoms with Crippen LogP contribution in [0, 0.1) is 0 Å². The van der Waals surface area contributed by atoms with Crippen LogP contribution in [0.5, 0.6) is 0 Å². The van der Waals surface area contributed by atoms with Crippen LogP contribution >= 0.6 is 0 Å². The Kier molecular flexibility index (Phi) is 5.52. The lowest BCUT2D eigenvalue weighted by atomic mass is 10.2. The zero-order chi connectivity index (χ0) is 16.2. The number of aromatic nitrogens is 1. The number of aryl methyl sites for hydroxylation is 1. The van der Waals surface area contributed by atoms with E-state index in [9.17, 15) is 13.2 Å². The van der Waals surface area contributed by atoms with E-state index in [-0.39, 0.29) is 30.0 Å². The lowest BCUT2D eigenvalue weighted by Crippen LogP contribution is -2.41. The van der Waals surface area contributed by atoms with Gasteiger partial charge in [-0.3, -0.25) is 14.7 Å². The molecule has 7 heteroatoms. The number of nitrogens with zero attached hydrogens (tertiary/aromatic N) is 2. The summed E-state index contributed by atoms with van der Waals surface area (Å²) in [7, 11) is -1.13. The number of carbonyl (C=O) groups is 1. The molecule has 0 bridgehead atoms. The fourth-order valence-corrected chi connectivity index (χ4v) is 4.30. The SMILES string of the molecule is CCc1ccc(CNC(=O)CN(C)C2CCS(=O)(=O)C2)nc1. The van der Waals surface area contributed by atoms with Crippen molar-refractivity contribution in [2.75, 3.05) is 25.1 Å². The standard InChI is InChI=1S/C15H23N3O3S/c1-3-12-4-5-13(16-8-12)9-17-15(19)10-18(2)14-6-7-22(20,21)11-14/h4-5,8,14H,3,6-7,9-11H2,1-2H3,(H,17,19). The van der Waals surface area contributed by atoms with Gasteiger partial charge in [-0.1, -0.05) is 13.0 Å². The lowest BCUT2D eigenvalue weighted by molar-refractivity contribution is -0.122. The molecule has 0 saturated carbocycles. The number of sulfone groups is 1. The van der Waals surface area contributed by atoms with Crippen LogP contribution < -0.4 is 5.32 Å². The Balaban J connectivity index is 1.77. The summed E-state index contributed by atoms with van der Waals surface area (Å²) in [6.45, 7) is 2.66. The molecule has 2 rings (SSSR count). The molecule has 6 nitrogen and oxygen atoms in total. The average molecular weight is 325 g/mol. The number of carbonyl (C=O) groups excluding carboxylic acids is 1. The number of nitrogens with one attached hydrogen (secondary N) is 1. The number of likely N-dealkylation sites (N-methyl/N-ethyl adjacent to an activating group) is 1. The average Bonchev–Trinajstić information content (AvgIpc) is 2.86. The Hall–Kier alpha value is -1.47. The van der Waals surface area contributed by atoms with Crippen molar-refractivity contribution in [3.05, 3.63) is 29.6 Å². The zero-order valence-corrected chi connectivity index (χ0v) is 13.9. The second kappa shape index (κ2) is 7.19. The summed E-state index contributed by atoms with van der Waals surface area (Å²) in [5.74, 6) is 0.252. The van der Waals surface area contributed by atoms with Crippen molar-refractivity contribution in [1.29, 1.82) is 0 Å². The summed E-state index contributed by atoms with van der Waals surface area (Å²) in [5, 5.41) is 2.82. The van der Waals surface area contributed by atoms with Crippen LogP contribution in [-0.2, 0) is 27.6 Å². The Labute approximate surface area is 131 Å². The number of hydrogen-bond donors (Lipinski definition) is 1. The molecule has 1 saturated heterocycles. The molecule has 0 aromatic carbocycles. The smallest absolute Gasteiger partial charge is 0.234 e. The van der Waals surface area contributed by atoms with E-state index in [4.69, 9.17) is 0 Å². The molecule has 1 aromatic heterocycles. The van der Waals surface area contributed by atoms with Gasteiger partial charge in [0.2, 0.25) is 5.91 Å². The number of rotatable bonds is 6. The van der Waals surface area contributed by atoms with E-state index in [1.165, 1.54) is 0 Å². The molecule has 122 valence electrons. The van der Waals surface area contributed by atoms with Gasteiger partial charge in [-0.15, -0.1) is 0 Å². The maximum Gasteiger partial charge on any atom is 0.234 e. The van der Waals surface area contributed by atoms with Gasteiger partial charge in [-0.05, 0) is 31.5 Å². The van der Waals surface area contributed by atoms with Gasteiger partial charge in [0.05, 0.1) is 30.3 Å². The highest BCUT2D eigenvalue weighted by Gasteiger charge is 2.31. The second-order valence-corrected chi connectivity index (χ2v) is 7.99. The Bertz CT molecular complexity index is 613. The highest BCUT2D eigenvalue weighted by molar-refractivity contribution is 7.91. The first-order chi connectivity index (χ1) is 10.4. The van der Waals surface area contributed by atoms with Crippen LogP contribution in [0.15, 0.2) is 18.3 Å². The molecule has 0 spiro atoms. The molecule has 1 amide bonds. The van der Waals surface area contributed by atoms with Gasteiger partial charge in [-0.2, -0.15) is 0 Å². The van der Waals surface area contributed by atoms with Gasteiger partial charge in [0.15, 0.2) is 9.84 Å². The van der Waals surface area contributed by atoms with Crippen molar-refractivity contribution >= 4 is 15.7 Å². The Morgan fingerprint density at radius 3 is 2.77 bits per heavy atom. The summed E-state index contributed by atoms with van der Waals surface area (Å²) in [4.78, 5) is 18.0. The van der Waals surface area contributed by atoms with E-state index in [1.807, 2.05) is 23.2 Å². The highest BCUT2D eigenvalue weighted by atomic mass is 32.2. The van der Waals surface area contributed by atoms with E-state index in [2.05, 4.69) is 17.2 Å². The van der Waals surface area contributed by atoms with Crippen molar-refractivity contribution in [3.63, 3.8) is 0 Å². The van der Waals surface area contributed by atoms with Crippen molar-refractivity contribution in [1.82, 2.24) is 15.2 Å². The quantitative estimate of drug-likeness (QED) is 0.818. The Morgan fingerprint density at radius 2 is 2.23 bits per heavy atom. The monoisotopic (exact) mass is 325 g/mol. The molecule has 0 radical (unpaired) electrons. The Morgan fingerprint density at radius 1 is 1.45 bits per heavy atom. The minimum absolute atomic E-state index is 0.0577. The largest absolute Gasteiger partial charge is 0.349 e. The summed E-state index contributed by atoms with van der Waals surface area (Å²) in [6, 6.07) is 3.86. The van der Waals surface area contributed by atoms with Crippen LogP contribution in [0.3, 0.4) is 0 Å². The van der Waals surface area contributed by atoms with Crippen molar-refractivity contribution in [2.24, 2.45) is 0 Å². The van der Waals surface area contributed by atoms with Crippen LogP contribution in [-0.4, -0.2) is 55.3 Å². The van der Waals surface area contributed by atoms with Crippen LogP contribution in [0.4, 0.5) is 0 Å². The molecular weight excluding hydrogens is 302 g/mol. The third-order valence-electron chi connectivity index (χ3n) is 3.99. The first-order valence-corrected chi connectivity index (χ1v) is 9.33. The van der Waals surface area contributed by atoms with E-state index in [1.54, 1.807) is 7.05 Å². The number of pyridine rings is 1. The first kappa shape index (κ1) is 16.9. The molecule has 1 fully saturated rings. The number of amides is 1. The lowest BCUT2D eigenvalue weighted by Gasteiger charge is -2.22. The van der Waals surface area contributed by atoms with E-state index >= 15 is 0 Å². The molecule has 22 heavy (non-hydrogen) atoms. The fourth-order valence-electron chi connectivity index (χ4n) is 2.49. The summed E-state index contributed by atoms with van der Waals surface area (Å²) >= 11 is 0. The predicted octanol–water partition coefficient (Wildman–Crippen LogP) is 0.379. The van der Waals surface area contributed by atoms with E-state index < -0.39 is 9.84 Å². The van der Waals surface area contributed by atoms with Gasteiger partial charge in [0, 0.05) is 12.2 Å². The third-order valence-corrected chi connectivity index (χ3v) is 5.74. The van der Waals surface area contributed by atoms with Crippen LogP contribution in [0.2, 0.25) is 0 Å². The summed E-state index contributed by atoms with van der Waals surface area (Å²) in [5.41, 5.74) is 1.98. The maximum absolute atomic E-state index is 11.9. The minimum atomic E-state index is -2.92. The van der Waals surface area contributed by atoms with Crippen LogP contribution in [0.1, 0.15) is 24.6 Å². The molecule has 1 aliphatic rings. The van der Waals surface area contributed by atoms with E-state index in [0.29, 0.717) is 13.0 Å². The van der Waals surface area contributed by atoms with E-state index in [0.717, 1.165) is 17.7 Å². The van der Waals surface area contributed by atoms with Crippen molar-refractivity contribution in [2.45, 2.75) is 32.4 Å². The predicted molar refractivity (Wildman–Crippen MR) is 85.2 cm³/mol. The minimum Gasteiger partial charge on any atom is -0.349 e. The van der Waals surface area contributed by atoms with Crippen molar-refractivity contribution in [3.8, 4) is 0 Å². The molecule has 1 aliphatic heterocycles. The number of hydrogen-bond acceptors (Lipinski definition) is 5. The molecule has 1 unspecified atom stereocenters. The van der Waals surface area contributed by atoms with Gasteiger partial charge >= 0.3 is 0 Å². The second-order valence-electron chi connectivity index (χ2n) is 5.76. The van der Waals surface area contributed by atoms with Gasteiger partial charge < -0.3 is 5.32 Å². The van der Waals surface area contributed by atoms with Crippen molar-refractivity contribution < 1.29 is 13.2 Å². The summed E-state index contributed by atoms with van der Waals surface area (Å²) < 4.78 is 22.9. The molecule has 1 atom stereocenters. The van der Waals surface area contributed by atoms with Gasteiger partial charge in [0.1, 0.15) is 0 Å². The topological polar surface area (TPSA) is 79.4 Å². The molecule has 1 aromatic rings. The summed E-state index contributed by atoms with van der Waals surface area (Å²) in [6.07, 6.45) is 3.36.